The molecular formula is C28H22F3N5O4S. The summed E-state index contributed by atoms with van der Waals surface area (Å²) in [5, 5.41) is 2.93. The average molecular weight is 582 g/mol. The lowest BCUT2D eigenvalue weighted by atomic mass is 10.1. The van der Waals surface area contributed by atoms with Crippen LogP contribution < -0.4 is 20.7 Å². The second-order valence-corrected chi connectivity index (χ2v) is 10.0. The number of aromatic nitrogens is 1. The SMILES string of the molecule is Nc1ccccc1NC(=O)c1nc2c(s1)CN(C(=O)C(=O)N(c1ccccc1)c1ccc(OC(F)(F)F)cc1)CC2. The molecule has 1 aliphatic rings. The molecule has 4 aromatic rings. The Balaban J connectivity index is 1.34. The fourth-order valence-electron chi connectivity index (χ4n) is 4.24. The molecule has 0 spiro atoms. The summed E-state index contributed by atoms with van der Waals surface area (Å²) in [6.07, 6.45) is -4.54. The zero-order valence-electron chi connectivity index (χ0n) is 21.2. The number of nitrogens with two attached hydrogens (primary N) is 1. The van der Waals surface area contributed by atoms with E-state index in [1.54, 1.807) is 54.6 Å². The largest absolute Gasteiger partial charge is 0.573 e. The van der Waals surface area contributed by atoms with Crippen molar-refractivity contribution in [2.45, 2.75) is 19.3 Å². The minimum Gasteiger partial charge on any atom is -0.406 e. The van der Waals surface area contributed by atoms with Gasteiger partial charge in [-0.25, -0.2) is 4.98 Å². The van der Waals surface area contributed by atoms with Crippen molar-refractivity contribution in [2.75, 3.05) is 22.5 Å². The molecule has 9 nitrogen and oxygen atoms in total. The number of halogens is 3. The summed E-state index contributed by atoms with van der Waals surface area (Å²) < 4.78 is 41.7. The van der Waals surface area contributed by atoms with E-state index in [2.05, 4.69) is 15.0 Å². The Morgan fingerprint density at radius 3 is 2.29 bits per heavy atom. The van der Waals surface area contributed by atoms with E-state index in [1.165, 1.54) is 17.0 Å². The zero-order valence-corrected chi connectivity index (χ0v) is 22.0. The van der Waals surface area contributed by atoms with Crippen LogP contribution >= 0.6 is 11.3 Å². The first-order valence-electron chi connectivity index (χ1n) is 12.3. The third-order valence-corrected chi connectivity index (χ3v) is 7.23. The molecule has 0 bridgehead atoms. The molecule has 0 atom stereocenters. The highest BCUT2D eigenvalue weighted by Gasteiger charge is 2.34. The Morgan fingerprint density at radius 1 is 0.951 bits per heavy atom. The molecule has 0 saturated heterocycles. The fraction of sp³-hybridized carbons (Fsp3) is 0.143. The Morgan fingerprint density at radius 2 is 1.61 bits per heavy atom. The molecule has 0 unspecified atom stereocenters. The maximum Gasteiger partial charge on any atom is 0.573 e. The van der Waals surface area contributed by atoms with Gasteiger partial charge in [-0.05, 0) is 48.5 Å². The standard InChI is InChI=1S/C28H22F3N5O4S/c29-28(30,31)40-19-12-10-18(11-13-19)36(17-6-2-1-3-7-17)27(39)26(38)35-15-14-22-23(16-35)41-25(34-22)24(37)33-21-9-5-4-8-20(21)32/h1-13H,14-16,32H2,(H,33,37). The number of anilines is 4. The van der Waals surface area contributed by atoms with Gasteiger partial charge < -0.3 is 20.7 Å². The molecule has 0 saturated carbocycles. The number of alkyl halides is 3. The van der Waals surface area contributed by atoms with E-state index in [0.717, 1.165) is 28.4 Å². The van der Waals surface area contributed by atoms with Crippen molar-refractivity contribution in [2.24, 2.45) is 0 Å². The van der Waals surface area contributed by atoms with Crippen molar-refractivity contribution in [3.63, 3.8) is 0 Å². The molecule has 210 valence electrons. The van der Waals surface area contributed by atoms with Crippen LogP contribution in [0.3, 0.4) is 0 Å². The van der Waals surface area contributed by atoms with Crippen molar-refractivity contribution in [3.8, 4) is 5.75 Å². The number of hydrogen-bond donors (Lipinski definition) is 2. The number of nitrogens with zero attached hydrogens (tertiary/aromatic N) is 3. The van der Waals surface area contributed by atoms with Crippen molar-refractivity contribution in [3.05, 3.63) is 94.4 Å². The number of benzene rings is 3. The van der Waals surface area contributed by atoms with Gasteiger partial charge in [0, 0.05) is 29.2 Å². The molecule has 3 N–H and O–H groups in total. The Labute approximate surface area is 236 Å². The van der Waals surface area contributed by atoms with Crippen LogP contribution in [-0.4, -0.2) is 40.5 Å². The van der Waals surface area contributed by atoms with E-state index in [1.807, 2.05) is 0 Å². The van der Waals surface area contributed by atoms with E-state index >= 15 is 0 Å². The summed E-state index contributed by atoms with van der Waals surface area (Å²) in [6, 6.07) is 19.7. The van der Waals surface area contributed by atoms with E-state index in [-0.39, 0.29) is 23.8 Å². The van der Waals surface area contributed by atoms with E-state index < -0.39 is 29.8 Å². The number of hydrogen-bond acceptors (Lipinski definition) is 7. The molecular weight excluding hydrogens is 559 g/mol. The van der Waals surface area contributed by atoms with Gasteiger partial charge in [0.2, 0.25) is 0 Å². The molecule has 5 rings (SSSR count). The van der Waals surface area contributed by atoms with Crippen LogP contribution in [0.5, 0.6) is 5.75 Å². The van der Waals surface area contributed by atoms with Gasteiger partial charge in [-0.1, -0.05) is 30.3 Å². The third-order valence-electron chi connectivity index (χ3n) is 6.15. The van der Waals surface area contributed by atoms with Crippen LogP contribution in [0, 0.1) is 0 Å². The first kappa shape index (κ1) is 27.6. The van der Waals surface area contributed by atoms with Gasteiger partial charge in [0.25, 0.3) is 5.91 Å². The summed E-state index contributed by atoms with van der Waals surface area (Å²) in [5.41, 5.74) is 7.95. The maximum atomic E-state index is 13.6. The molecule has 41 heavy (non-hydrogen) atoms. The topological polar surface area (TPSA) is 118 Å². The van der Waals surface area contributed by atoms with Crippen molar-refractivity contribution >= 4 is 51.8 Å². The summed E-state index contributed by atoms with van der Waals surface area (Å²) in [4.78, 5) is 47.3. The minimum atomic E-state index is -4.87. The van der Waals surface area contributed by atoms with Crippen LogP contribution in [0.1, 0.15) is 20.4 Å². The van der Waals surface area contributed by atoms with Crippen molar-refractivity contribution < 1.29 is 32.3 Å². The van der Waals surface area contributed by atoms with Gasteiger partial charge in [-0.15, -0.1) is 24.5 Å². The molecule has 3 amide bonds. The van der Waals surface area contributed by atoms with Crippen LogP contribution in [0.25, 0.3) is 0 Å². The Hall–Kier alpha value is -4.91. The first-order valence-corrected chi connectivity index (χ1v) is 13.1. The third kappa shape index (κ3) is 6.30. The van der Waals surface area contributed by atoms with E-state index in [0.29, 0.717) is 34.1 Å². The summed E-state index contributed by atoms with van der Waals surface area (Å²) in [7, 11) is 0. The lowest BCUT2D eigenvalue weighted by Crippen LogP contribution is -2.45. The van der Waals surface area contributed by atoms with Crippen LogP contribution in [0.15, 0.2) is 78.9 Å². The van der Waals surface area contributed by atoms with Gasteiger partial charge in [0.15, 0.2) is 5.01 Å². The number of carbonyl (C=O) groups is 3. The molecule has 2 heterocycles. The summed E-state index contributed by atoms with van der Waals surface area (Å²) in [5.74, 6) is -2.61. The number of nitrogens with one attached hydrogen (secondary N) is 1. The maximum absolute atomic E-state index is 13.6. The number of rotatable bonds is 5. The average Bonchev–Trinajstić information content (AvgIpc) is 3.38. The smallest absolute Gasteiger partial charge is 0.406 e. The highest BCUT2D eigenvalue weighted by atomic mass is 32.1. The first-order chi connectivity index (χ1) is 19.6. The number of amides is 3. The van der Waals surface area contributed by atoms with Crippen molar-refractivity contribution in [1.29, 1.82) is 0 Å². The number of thiazole rings is 1. The van der Waals surface area contributed by atoms with E-state index in [4.69, 9.17) is 5.73 Å². The Bertz CT molecular complexity index is 1590. The Kier molecular flexibility index (Phi) is 7.62. The van der Waals surface area contributed by atoms with Gasteiger partial charge in [-0.2, -0.15) is 0 Å². The molecule has 1 aliphatic heterocycles. The molecule has 0 aliphatic carbocycles. The second kappa shape index (κ2) is 11.3. The molecule has 0 radical (unpaired) electrons. The number of carbonyl (C=O) groups excluding carboxylic acids is 3. The van der Waals surface area contributed by atoms with Gasteiger partial charge >= 0.3 is 18.2 Å². The predicted molar refractivity (Wildman–Crippen MR) is 147 cm³/mol. The predicted octanol–water partition coefficient (Wildman–Crippen LogP) is 5.13. The van der Waals surface area contributed by atoms with Gasteiger partial charge in [0.1, 0.15) is 5.75 Å². The highest BCUT2D eigenvalue weighted by Crippen LogP contribution is 2.31. The van der Waals surface area contributed by atoms with Gasteiger partial charge in [-0.3, -0.25) is 19.3 Å². The van der Waals surface area contributed by atoms with Crippen molar-refractivity contribution in [1.82, 2.24) is 9.88 Å². The fourth-order valence-corrected chi connectivity index (χ4v) is 5.26. The molecule has 13 heteroatoms. The van der Waals surface area contributed by atoms with Gasteiger partial charge in [0.05, 0.1) is 23.6 Å². The minimum absolute atomic E-state index is 0.0688. The summed E-state index contributed by atoms with van der Waals surface area (Å²) >= 11 is 1.12. The monoisotopic (exact) mass is 581 g/mol. The molecule has 3 aromatic carbocycles. The highest BCUT2D eigenvalue weighted by molar-refractivity contribution is 7.13. The number of fused-ring (bicyclic) bond motifs is 1. The van der Waals surface area contributed by atoms with Crippen LogP contribution in [0.4, 0.5) is 35.9 Å². The zero-order chi connectivity index (χ0) is 29.1. The quantitative estimate of drug-likeness (QED) is 0.249. The normalized spacial score (nSPS) is 12.8. The molecule has 0 fully saturated rings. The molecule has 1 aromatic heterocycles. The number of para-hydroxylation sites is 3. The second-order valence-electron chi connectivity index (χ2n) is 8.92. The summed E-state index contributed by atoms with van der Waals surface area (Å²) in [6.45, 7) is 0.258. The lowest BCUT2D eigenvalue weighted by Gasteiger charge is -2.29. The number of nitrogen functional groups attached to an aromatic ring is 1. The van der Waals surface area contributed by atoms with Crippen LogP contribution in [-0.2, 0) is 22.6 Å². The van der Waals surface area contributed by atoms with E-state index in [9.17, 15) is 27.6 Å². The van der Waals surface area contributed by atoms with Crippen LogP contribution in [0.2, 0.25) is 0 Å². The number of ether oxygens (including phenoxy) is 1. The lowest BCUT2D eigenvalue weighted by molar-refractivity contribution is -0.274.